The molecule has 7 heteroatoms. The van der Waals surface area contributed by atoms with Gasteiger partial charge in [0.1, 0.15) is 11.5 Å². The van der Waals surface area contributed by atoms with Crippen LogP contribution < -0.4 is 14.8 Å². The number of carbonyl (C=O) groups is 2. The molecule has 2 aromatic carbocycles. The fourth-order valence-electron chi connectivity index (χ4n) is 2.09. The number of benzene rings is 2. The van der Waals surface area contributed by atoms with Crippen molar-refractivity contribution in [3.8, 4) is 11.5 Å². The lowest BCUT2D eigenvalue weighted by Gasteiger charge is -2.07. The molecule has 130 valence electrons. The van der Waals surface area contributed by atoms with Crippen LogP contribution >= 0.6 is 11.6 Å². The quantitative estimate of drug-likeness (QED) is 0.766. The average molecular weight is 362 g/mol. The van der Waals surface area contributed by atoms with Crippen LogP contribution in [0.25, 0.3) is 6.08 Å². The Labute approximate surface area is 149 Å². The number of ether oxygens (including phenoxy) is 2. The zero-order valence-electron chi connectivity index (χ0n) is 13.6. The van der Waals surface area contributed by atoms with Gasteiger partial charge in [-0.1, -0.05) is 11.6 Å². The first-order valence-corrected chi connectivity index (χ1v) is 7.56. The number of carbonyl (C=O) groups excluding carboxylic acids is 1. The largest absolute Gasteiger partial charge is 0.497 e. The molecule has 0 saturated carbocycles. The number of carboxylic acids is 1. The molecule has 0 unspecified atom stereocenters. The fraction of sp³-hybridized carbons (Fsp3) is 0.111. The molecule has 25 heavy (non-hydrogen) atoms. The zero-order chi connectivity index (χ0) is 18.4. The molecular weight excluding hydrogens is 346 g/mol. The molecule has 0 aliphatic heterocycles. The Hall–Kier alpha value is -2.99. The molecule has 0 aliphatic rings. The van der Waals surface area contributed by atoms with Gasteiger partial charge in [0.15, 0.2) is 0 Å². The minimum Gasteiger partial charge on any atom is -0.497 e. The highest BCUT2D eigenvalue weighted by molar-refractivity contribution is 6.33. The Kier molecular flexibility index (Phi) is 6.03. The minimum absolute atomic E-state index is 0.0853. The number of hydrogen-bond acceptors (Lipinski definition) is 4. The van der Waals surface area contributed by atoms with Crippen molar-refractivity contribution in [3.05, 3.63) is 58.6 Å². The van der Waals surface area contributed by atoms with Crippen LogP contribution in [0, 0.1) is 0 Å². The van der Waals surface area contributed by atoms with E-state index in [0.717, 1.165) is 0 Å². The van der Waals surface area contributed by atoms with E-state index in [2.05, 4.69) is 5.32 Å². The number of halogens is 1. The van der Waals surface area contributed by atoms with E-state index in [4.69, 9.17) is 26.2 Å². The van der Waals surface area contributed by atoms with E-state index < -0.39 is 11.9 Å². The van der Waals surface area contributed by atoms with Gasteiger partial charge in [-0.25, -0.2) is 4.79 Å². The minimum atomic E-state index is -1.17. The number of hydrogen-bond donors (Lipinski definition) is 2. The van der Waals surface area contributed by atoms with Gasteiger partial charge < -0.3 is 19.9 Å². The summed E-state index contributed by atoms with van der Waals surface area (Å²) in [6.45, 7) is 0. The van der Waals surface area contributed by atoms with Crippen molar-refractivity contribution in [1.82, 2.24) is 0 Å². The number of nitrogens with one attached hydrogen (secondary N) is 1. The van der Waals surface area contributed by atoms with Gasteiger partial charge in [0.25, 0.3) is 0 Å². The van der Waals surface area contributed by atoms with E-state index in [-0.39, 0.29) is 10.6 Å². The fourth-order valence-corrected chi connectivity index (χ4v) is 2.28. The van der Waals surface area contributed by atoms with Gasteiger partial charge in [-0.15, -0.1) is 0 Å². The van der Waals surface area contributed by atoms with Crippen molar-refractivity contribution in [2.45, 2.75) is 0 Å². The Balaban J connectivity index is 2.16. The van der Waals surface area contributed by atoms with Crippen molar-refractivity contribution in [1.29, 1.82) is 0 Å². The lowest BCUT2D eigenvalue weighted by atomic mass is 10.1. The van der Waals surface area contributed by atoms with Crippen molar-refractivity contribution in [3.63, 3.8) is 0 Å². The third kappa shape index (κ3) is 4.74. The topological polar surface area (TPSA) is 84.9 Å². The van der Waals surface area contributed by atoms with Crippen molar-refractivity contribution >= 4 is 35.2 Å². The standard InChI is InChI=1S/C18H16ClNO5/c1-24-13-5-7-16(25-2)11(9-13)3-8-17(21)20-12-4-6-15(19)14(10-12)18(22)23/h3-10H,1-2H3,(H,20,21)(H,22,23)/b8-3+. The smallest absolute Gasteiger partial charge is 0.337 e. The normalized spacial score (nSPS) is 10.5. The summed E-state index contributed by atoms with van der Waals surface area (Å²) < 4.78 is 10.4. The first-order valence-electron chi connectivity index (χ1n) is 7.18. The summed E-state index contributed by atoms with van der Waals surface area (Å²) in [5, 5.41) is 11.7. The Morgan fingerprint density at radius 3 is 2.52 bits per heavy atom. The SMILES string of the molecule is COc1ccc(OC)c(/C=C/C(=O)Nc2ccc(Cl)c(C(=O)O)c2)c1. The van der Waals surface area contributed by atoms with E-state index in [1.807, 2.05) is 0 Å². The van der Waals surface area contributed by atoms with E-state index >= 15 is 0 Å². The maximum Gasteiger partial charge on any atom is 0.337 e. The molecule has 0 heterocycles. The highest BCUT2D eigenvalue weighted by Crippen LogP contribution is 2.25. The Bertz CT molecular complexity index is 832. The summed E-state index contributed by atoms with van der Waals surface area (Å²) in [5.41, 5.74) is 0.909. The van der Waals surface area contributed by atoms with E-state index in [9.17, 15) is 9.59 Å². The van der Waals surface area contributed by atoms with Crippen LogP contribution in [0.15, 0.2) is 42.5 Å². The number of carboxylic acid groups (broad SMARTS) is 1. The Morgan fingerprint density at radius 1 is 1.12 bits per heavy atom. The average Bonchev–Trinajstić information content (AvgIpc) is 2.61. The molecule has 1 amide bonds. The zero-order valence-corrected chi connectivity index (χ0v) is 14.3. The second kappa shape index (κ2) is 8.21. The number of methoxy groups -OCH3 is 2. The predicted octanol–water partition coefficient (Wildman–Crippen LogP) is 3.71. The lowest BCUT2D eigenvalue weighted by Crippen LogP contribution is -2.09. The molecule has 6 nitrogen and oxygen atoms in total. The van der Waals surface area contributed by atoms with Gasteiger partial charge in [-0.3, -0.25) is 4.79 Å². The van der Waals surface area contributed by atoms with Gasteiger partial charge >= 0.3 is 5.97 Å². The second-order valence-corrected chi connectivity index (χ2v) is 5.34. The first kappa shape index (κ1) is 18.4. The van der Waals surface area contributed by atoms with E-state index in [1.54, 1.807) is 31.4 Å². The number of anilines is 1. The maximum absolute atomic E-state index is 12.1. The molecule has 2 aromatic rings. The maximum atomic E-state index is 12.1. The molecular formula is C18H16ClNO5. The molecule has 0 aromatic heterocycles. The van der Waals surface area contributed by atoms with Gasteiger partial charge in [-0.05, 0) is 42.5 Å². The van der Waals surface area contributed by atoms with Gasteiger partial charge in [0.05, 0.1) is 24.8 Å². The number of rotatable bonds is 6. The summed E-state index contributed by atoms with van der Waals surface area (Å²) in [6, 6.07) is 9.43. The van der Waals surface area contributed by atoms with Gasteiger partial charge in [0, 0.05) is 17.3 Å². The van der Waals surface area contributed by atoms with Crippen LogP contribution in [0.1, 0.15) is 15.9 Å². The Morgan fingerprint density at radius 2 is 1.88 bits per heavy atom. The van der Waals surface area contributed by atoms with Crippen LogP contribution in [0.2, 0.25) is 5.02 Å². The molecule has 2 rings (SSSR count). The lowest BCUT2D eigenvalue weighted by molar-refractivity contribution is -0.111. The molecule has 0 spiro atoms. The summed E-state index contributed by atoms with van der Waals surface area (Å²) >= 11 is 5.80. The van der Waals surface area contributed by atoms with Crippen LogP contribution in [-0.4, -0.2) is 31.2 Å². The molecule has 0 aliphatic carbocycles. The van der Waals surface area contributed by atoms with Crippen LogP contribution in [0.5, 0.6) is 11.5 Å². The molecule has 0 radical (unpaired) electrons. The third-order valence-electron chi connectivity index (χ3n) is 3.32. The monoisotopic (exact) mass is 361 g/mol. The summed E-state index contributed by atoms with van der Waals surface area (Å²) in [4.78, 5) is 23.1. The molecule has 0 bridgehead atoms. The van der Waals surface area contributed by atoms with Gasteiger partial charge in [-0.2, -0.15) is 0 Å². The van der Waals surface area contributed by atoms with Crippen molar-refractivity contribution in [2.75, 3.05) is 19.5 Å². The number of aromatic carboxylic acids is 1. The van der Waals surface area contributed by atoms with Gasteiger partial charge in [0.2, 0.25) is 5.91 Å². The highest BCUT2D eigenvalue weighted by Gasteiger charge is 2.10. The third-order valence-corrected chi connectivity index (χ3v) is 3.65. The van der Waals surface area contributed by atoms with Crippen molar-refractivity contribution in [2.24, 2.45) is 0 Å². The summed E-state index contributed by atoms with van der Waals surface area (Å²) in [7, 11) is 3.07. The van der Waals surface area contributed by atoms with Crippen LogP contribution in [-0.2, 0) is 4.79 Å². The second-order valence-electron chi connectivity index (χ2n) is 4.93. The van der Waals surface area contributed by atoms with E-state index in [1.165, 1.54) is 31.4 Å². The first-order chi connectivity index (χ1) is 11.9. The number of amides is 1. The van der Waals surface area contributed by atoms with Crippen LogP contribution in [0.4, 0.5) is 5.69 Å². The van der Waals surface area contributed by atoms with Crippen LogP contribution in [0.3, 0.4) is 0 Å². The van der Waals surface area contributed by atoms with E-state index in [0.29, 0.717) is 22.7 Å². The molecule has 2 N–H and O–H groups in total. The molecule has 0 atom stereocenters. The predicted molar refractivity (Wildman–Crippen MR) is 95.6 cm³/mol. The molecule has 0 fully saturated rings. The molecule has 0 saturated heterocycles. The van der Waals surface area contributed by atoms with Crippen molar-refractivity contribution < 1.29 is 24.2 Å². The highest BCUT2D eigenvalue weighted by atomic mass is 35.5. The summed E-state index contributed by atoms with van der Waals surface area (Å²) in [6.07, 6.45) is 2.89. The summed E-state index contributed by atoms with van der Waals surface area (Å²) in [5.74, 6) is -0.379.